The molecule has 0 spiro atoms. The van der Waals surface area contributed by atoms with Crippen molar-refractivity contribution in [2.75, 3.05) is 0 Å². The predicted octanol–water partition coefficient (Wildman–Crippen LogP) is 4.19. The van der Waals surface area contributed by atoms with E-state index in [1.165, 1.54) is 17.7 Å². The Morgan fingerprint density at radius 1 is 1.20 bits per heavy atom. The van der Waals surface area contributed by atoms with Gasteiger partial charge < -0.3 is 5.11 Å². The lowest BCUT2D eigenvalue weighted by Gasteiger charge is -2.11. The average molecular weight is 291 g/mol. The number of aliphatic hydroxyl groups excluding tert-OH is 1. The summed E-state index contributed by atoms with van der Waals surface area (Å²) in [5.74, 6) is 0.314. The Morgan fingerprint density at radius 3 is 2.70 bits per heavy atom. The zero-order valence-electron chi connectivity index (χ0n) is 11.0. The predicted molar refractivity (Wildman–Crippen MR) is 78.4 cm³/mol. The highest BCUT2D eigenvalue weighted by atomic mass is 35.5. The van der Waals surface area contributed by atoms with Crippen molar-refractivity contribution in [3.05, 3.63) is 70.5 Å². The van der Waals surface area contributed by atoms with Crippen LogP contribution in [0, 0.1) is 11.7 Å². The molecule has 1 saturated carbocycles. The van der Waals surface area contributed by atoms with E-state index in [0.29, 0.717) is 22.9 Å². The molecule has 0 aliphatic heterocycles. The Kier molecular flexibility index (Phi) is 3.77. The van der Waals surface area contributed by atoms with E-state index in [2.05, 4.69) is 12.1 Å². The van der Waals surface area contributed by atoms with Gasteiger partial charge in [0.15, 0.2) is 0 Å². The SMILES string of the molecule is OC(Cc1cc(Cl)ccc1F)C1CC1c1ccccc1. The van der Waals surface area contributed by atoms with Crippen molar-refractivity contribution >= 4 is 11.6 Å². The van der Waals surface area contributed by atoms with Crippen molar-refractivity contribution in [3.8, 4) is 0 Å². The Morgan fingerprint density at radius 2 is 1.95 bits per heavy atom. The highest BCUT2D eigenvalue weighted by Crippen LogP contribution is 2.50. The van der Waals surface area contributed by atoms with Gasteiger partial charge in [0.25, 0.3) is 0 Å². The van der Waals surface area contributed by atoms with Crippen molar-refractivity contribution in [1.82, 2.24) is 0 Å². The van der Waals surface area contributed by atoms with Crippen LogP contribution in [0.3, 0.4) is 0 Å². The molecule has 0 bridgehead atoms. The summed E-state index contributed by atoms with van der Waals surface area (Å²) in [7, 11) is 0. The lowest BCUT2D eigenvalue weighted by Crippen LogP contribution is -2.15. The largest absolute Gasteiger partial charge is 0.392 e. The molecule has 1 N–H and O–H groups in total. The van der Waals surface area contributed by atoms with Gasteiger partial charge in [0, 0.05) is 11.4 Å². The molecule has 0 aromatic heterocycles. The summed E-state index contributed by atoms with van der Waals surface area (Å²) < 4.78 is 13.7. The Balaban J connectivity index is 1.67. The molecule has 3 unspecified atom stereocenters. The van der Waals surface area contributed by atoms with E-state index in [0.717, 1.165) is 6.42 Å². The fourth-order valence-corrected chi connectivity index (χ4v) is 2.99. The molecule has 3 atom stereocenters. The monoisotopic (exact) mass is 290 g/mol. The van der Waals surface area contributed by atoms with E-state index in [9.17, 15) is 9.50 Å². The second-order valence-electron chi connectivity index (χ2n) is 5.42. The first-order valence-corrected chi connectivity index (χ1v) is 7.20. The maximum Gasteiger partial charge on any atom is 0.126 e. The molecular weight excluding hydrogens is 275 g/mol. The summed E-state index contributed by atoms with van der Waals surface area (Å²) in [5, 5.41) is 10.8. The van der Waals surface area contributed by atoms with Crippen molar-refractivity contribution in [2.45, 2.75) is 24.9 Å². The Labute approximate surface area is 123 Å². The van der Waals surface area contributed by atoms with Crippen LogP contribution in [0.25, 0.3) is 0 Å². The van der Waals surface area contributed by atoms with E-state index in [4.69, 9.17) is 11.6 Å². The molecule has 0 amide bonds. The molecule has 3 heteroatoms. The first kappa shape index (κ1) is 13.6. The molecule has 0 radical (unpaired) electrons. The third-order valence-electron chi connectivity index (χ3n) is 4.00. The van der Waals surface area contributed by atoms with Crippen LogP contribution in [0.4, 0.5) is 4.39 Å². The van der Waals surface area contributed by atoms with Gasteiger partial charge in [-0.15, -0.1) is 0 Å². The van der Waals surface area contributed by atoms with Crippen molar-refractivity contribution in [3.63, 3.8) is 0 Å². The highest BCUT2D eigenvalue weighted by molar-refractivity contribution is 6.30. The molecule has 20 heavy (non-hydrogen) atoms. The first-order chi connectivity index (χ1) is 9.65. The minimum atomic E-state index is -0.520. The standard InChI is InChI=1S/C17H16ClFO/c18-13-6-7-16(19)12(8-13)9-17(20)15-10-14(15)11-4-2-1-3-5-11/h1-8,14-15,17,20H,9-10H2. The van der Waals surface area contributed by atoms with Gasteiger partial charge >= 0.3 is 0 Å². The zero-order chi connectivity index (χ0) is 14.1. The summed E-state index contributed by atoms with van der Waals surface area (Å²) in [5.41, 5.74) is 1.74. The van der Waals surface area contributed by atoms with Gasteiger partial charge in [-0.25, -0.2) is 4.39 Å². The maximum absolute atomic E-state index is 13.7. The van der Waals surface area contributed by atoms with E-state index < -0.39 is 6.10 Å². The van der Waals surface area contributed by atoms with Gasteiger partial charge in [-0.3, -0.25) is 0 Å². The van der Waals surface area contributed by atoms with E-state index in [-0.39, 0.29) is 11.7 Å². The van der Waals surface area contributed by atoms with Gasteiger partial charge in [-0.2, -0.15) is 0 Å². The van der Waals surface area contributed by atoms with Crippen LogP contribution in [-0.4, -0.2) is 11.2 Å². The first-order valence-electron chi connectivity index (χ1n) is 6.82. The van der Waals surface area contributed by atoms with Gasteiger partial charge in [0.2, 0.25) is 0 Å². The van der Waals surface area contributed by atoms with Crippen molar-refractivity contribution in [2.24, 2.45) is 5.92 Å². The fourth-order valence-electron chi connectivity index (χ4n) is 2.80. The van der Waals surface area contributed by atoms with Crippen LogP contribution in [0.1, 0.15) is 23.5 Å². The number of aliphatic hydroxyl groups is 1. The molecule has 1 fully saturated rings. The quantitative estimate of drug-likeness (QED) is 0.895. The second kappa shape index (κ2) is 5.55. The normalized spacial score (nSPS) is 22.6. The molecule has 2 aromatic rings. The molecule has 104 valence electrons. The number of rotatable bonds is 4. The minimum Gasteiger partial charge on any atom is -0.392 e. The molecule has 0 heterocycles. The molecule has 1 aliphatic rings. The minimum absolute atomic E-state index is 0.218. The van der Waals surface area contributed by atoms with Crippen molar-refractivity contribution < 1.29 is 9.50 Å². The van der Waals surface area contributed by atoms with Gasteiger partial charge in [-0.1, -0.05) is 41.9 Å². The van der Waals surface area contributed by atoms with Crippen LogP contribution in [0.15, 0.2) is 48.5 Å². The lowest BCUT2D eigenvalue weighted by atomic mass is 10.0. The smallest absolute Gasteiger partial charge is 0.126 e. The highest BCUT2D eigenvalue weighted by Gasteiger charge is 2.43. The van der Waals surface area contributed by atoms with E-state index in [1.54, 1.807) is 6.07 Å². The number of hydrogen-bond donors (Lipinski definition) is 1. The summed E-state index contributed by atoms with van der Waals surface area (Å²) in [6.07, 6.45) is 0.765. The molecule has 3 rings (SSSR count). The molecule has 1 nitrogen and oxygen atoms in total. The maximum atomic E-state index is 13.7. The summed E-state index contributed by atoms with van der Waals surface area (Å²) >= 11 is 5.87. The Bertz CT molecular complexity index is 599. The number of hydrogen-bond acceptors (Lipinski definition) is 1. The lowest BCUT2D eigenvalue weighted by molar-refractivity contribution is 0.148. The van der Waals surface area contributed by atoms with Crippen LogP contribution < -0.4 is 0 Å². The second-order valence-corrected chi connectivity index (χ2v) is 5.86. The van der Waals surface area contributed by atoms with Crippen LogP contribution >= 0.6 is 11.6 Å². The molecule has 1 aliphatic carbocycles. The molecule has 2 aromatic carbocycles. The van der Waals surface area contributed by atoms with Gasteiger partial charge in [0.1, 0.15) is 5.82 Å². The zero-order valence-corrected chi connectivity index (χ0v) is 11.7. The number of benzene rings is 2. The van der Waals surface area contributed by atoms with Gasteiger partial charge in [0.05, 0.1) is 6.10 Å². The molecule has 0 saturated heterocycles. The van der Waals surface area contributed by atoms with Crippen LogP contribution in [0.2, 0.25) is 5.02 Å². The van der Waals surface area contributed by atoms with Crippen molar-refractivity contribution in [1.29, 1.82) is 0 Å². The summed E-state index contributed by atoms with van der Waals surface area (Å²) in [4.78, 5) is 0. The third kappa shape index (κ3) is 2.87. The van der Waals surface area contributed by atoms with E-state index >= 15 is 0 Å². The summed E-state index contributed by atoms with van der Waals surface area (Å²) in [6.45, 7) is 0. The molecular formula is C17H16ClFO. The van der Waals surface area contributed by atoms with Gasteiger partial charge in [-0.05, 0) is 47.6 Å². The average Bonchev–Trinajstić information content (AvgIpc) is 3.24. The Hall–Kier alpha value is -1.38. The van der Waals surface area contributed by atoms with Crippen LogP contribution in [-0.2, 0) is 6.42 Å². The van der Waals surface area contributed by atoms with Crippen LogP contribution in [0.5, 0.6) is 0 Å². The fraction of sp³-hybridized carbons (Fsp3) is 0.294. The summed E-state index contributed by atoms with van der Waals surface area (Å²) in [6, 6.07) is 14.6. The number of halogens is 2. The topological polar surface area (TPSA) is 20.2 Å². The third-order valence-corrected chi connectivity index (χ3v) is 4.23. The van der Waals surface area contributed by atoms with E-state index in [1.807, 2.05) is 18.2 Å².